The van der Waals surface area contributed by atoms with Crippen molar-refractivity contribution in [3.8, 4) is 0 Å². The number of hydrogen-bond acceptors (Lipinski definition) is 3. The number of hydrogen-bond donors (Lipinski definition) is 1. The lowest BCUT2D eigenvalue weighted by molar-refractivity contribution is -0.130. The van der Waals surface area contributed by atoms with Gasteiger partial charge in [-0.15, -0.1) is 0 Å². The molecule has 2 atom stereocenters. The van der Waals surface area contributed by atoms with Gasteiger partial charge in [0.15, 0.2) is 0 Å². The first kappa shape index (κ1) is 10.9. The molecule has 2 saturated heterocycles. The quantitative estimate of drug-likeness (QED) is 0.741. The molecule has 0 spiro atoms. The highest BCUT2D eigenvalue weighted by molar-refractivity contribution is 5.76. The maximum Gasteiger partial charge on any atom is 0.222 e. The van der Waals surface area contributed by atoms with Crippen molar-refractivity contribution in [3.63, 3.8) is 0 Å². The summed E-state index contributed by atoms with van der Waals surface area (Å²) < 4.78 is 5.49. The number of nitrogens with two attached hydrogens (primary N) is 1. The molecule has 86 valence electrons. The van der Waals surface area contributed by atoms with Crippen molar-refractivity contribution in [2.24, 2.45) is 5.73 Å². The Bertz CT molecular complexity index is 227. The average molecular weight is 212 g/mol. The van der Waals surface area contributed by atoms with Crippen LogP contribution in [0, 0.1) is 0 Å². The van der Waals surface area contributed by atoms with Gasteiger partial charge in [0, 0.05) is 32.2 Å². The van der Waals surface area contributed by atoms with Crippen LogP contribution in [0.5, 0.6) is 0 Å². The van der Waals surface area contributed by atoms with E-state index in [1.165, 1.54) is 0 Å². The van der Waals surface area contributed by atoms with Gasteiger partial charge in [0.1, 0.15) is 0 Å². The molecule has 0 aromatic rings. The van der Waals surface area contributed by atoms with Crippen LogP contribution in [0.2, 0.25) is 0 Å². The van der Waals surface area contributed by atoms with E-state index < -0.39 is 0 Å². The standard InChI is InChI=1S/C11H20N2O2/c12-9-5-6-13(8-9)11(14)4-3-10-2-1-7-15-10/h9-10H,1-8,12H2. The van der Waals surface area contributed by atoms with E-state index in [0.717, 1.165) is 45.4 Å². The van der Waals surface area contributed by atoms with Gasteiger partial charge < -0.3 is 15.4 Å². The Labute approximate surface area is 90.8 Å². The van der Waals surface area contributed by atoms with E-state index >= 15 is 0 Å². The molecule has 2 N–H and O–H groups in total. The number of likely N-dealkylation sites (tertiary alicyclic amines) is 1. The molecular weight excluding hydrogens is 192 g/mol. The molecule has 0 aromatic carbocycles. The molecule has 2 fully saturated rings. The monoisotopic (exact) mass is 212 g/mol. The molecule has 2 heterocycles. The van der Waals surface area contributed by atoms with Gasteiger partial charge in [0.25, 0.3) is 0 Å². The molecule has 15 heavy (non-hydrogen) atoms. The molecule has 0 radical (unpaired) electrons. The zero-order valence-corrected chi connectivity index (χ0v) is 9.15. The minimum absolute atomic E-state index is 0.191. The Morgan fingerprint density at radius 1 is 1.47 bits per heavy atom. The van der Waals surface area contributed by atoms with Crippen molar-refractivity contribution >= 4 is 5.91 Å². The summed E-state index contributed by atoms with van der Waals surface area (Å²) in [6.07, 6.45) is 5.04. The fourth-order valence-electron chi connectivity index (χ4n) is 2.33. The number of amides is 1. The van der Waals surface area contributed by atoms with Gasteiger partial charge in [-0.1, -0.05) is 0 Å². The van der Waals surface area contributed by atoms with Gasteiger partial charge in [0.05, 0.1) is 6.10 Å². The van der Waals surface area contributed by atoms with E-state index in [0.29, 0.717) is 12.5 Å². The molecular formula is C11H20N2O2. The van der Waals surface area contributed by atoms with Crippen LogP contribution in [0.3, 0.4) is 0 Å². The summed E-state index contributed by atoms with van der Waals surface area (Å²) in [5, 5.41) is 0. The molecule has 4 heteroatoms. The third-order valence-corrected chi connectivity index (χ3v) is 3.28. The summed E-state index contributed by atoms with van der Waals surface area (Å²) in [4.78, 5) is 13.7. The van der Waals surface area contributed by atoms with E-state index in [9.17, 15) is 4.79 Å². The Kier molecular flexibility index (Phi) is 3.59. The van der Waals surface area contributed by atoms with E-state index in [2.05, 4.69) is 0 Å². The highest BCUT2D eigenvalue weighted by atomic mass is 16.5. The minimum atomic E-state index is 0.191. The molecule has 2 aliphatic rings. The van der Waals surface area contributed by atoms with Crippen LogP contribution in [0.4, 0.5) is 0 Å². The molecule has 2 aliphatic heterocycles. The molecule has 4 nitrogen and oxygen atoms in total. The summed E-state index contributed by atoms with van der Waals surface area (Å²) in [7, 11) is 0. The second kappa shape index (κ2) is 4.94. The first-order chi connectivity index (χ1) is 7.25. The van der Waals surface area contributed by atoms with Crippen molar-refractivity contribution in [1.29, 1.82) is 0 Å². The van der Waals surface area contributed by atoms with Gasteiger partial charge in [-0.05, 0) is 25.7 Å². The van der Waals surface area contributed by atoms with Gasteiger partial charge in [-0.3, -0.25) is 4.79 Å². The van der Waals surface area contributed by atoms with Crippen LogP contribution in [0.15, 0.2) is 0 Å². The van der Waals surface area contributed by atoms with Crippen molar-refractivity contribution in [3.05, 3.63) is 0 Å². The molecule has 2 rings (SSSR count). The van der Waals surface area contributed by atoms with E-state index in [4.69, 9.17) is 10.5 Å². The fourth-order valence-corrected chi connectivity index (χ4v) is 2.33. The lowest BCUT2D eigenvalue weighted by Crippen LogP contribution is -2.32. The number of carbonyl (C=O) groups excluding carboxylic acids is 1. The first-order valence-corrected chi connectivity index (χ1v) is 5.90. The lowest BCUT2D eigenvalue weighted by Gasteiger charge is -2.16. The van der Waals surface area contributed by atoms with E-state index in [-0.39, 0.29) is 11.9 Å². The van der Waals surface area contributed by atoms with Crippen LogP contribution in [0.25, 0.3) is 0 Å². The van der Waals surface area contributed by atoms with Crippen LogP contribution < -0.4 is 5.73 Å². The normalized spacial score (nSPS) is 31.1. The highest BCUT2D eigenvalue weighted by Gasteiger charge is 2.24. The third kappa shape index (κ3) is 2.92. The van der Waals surface area contributed by atoms with Crippen LogP contribution in [-0.2, 0) is 9.53 Å². The maximum atomic E-state index is 11.8. The Balaban J connectivity index is 1.67. The Morgan fingerprint density at radius 2 is 2.33 bits per heavy atom. The highest BCUT2D eigenvalue weighted by Crippen LogP contribution is 2.18. The van der Waals surface area contributed by atoms with Gasteiger partial charge in [-0.2, -0.15) is 0 Å². The molecule has 0 bridgehead atoms. The fraction of sp³-hybridized carbons (Fsp3) is 0.909. The number of nitrogens with zero attached hydrogens (tertiary/aromatic N) is 1. The number of rotatable bonds is 3. The zero-order valence-electron chi connectivity index (χ0n) is 9.15. The number of carbonyl (C=O) groups is 1. The predicted octanol–water partition coefficient (Wildman–Crippen LogP) is 0.505. The summed E-state index contributed by atoms with van der Waals surface area (Å²) in [6.45, 7) is 2.45. The summed E-state index contributed by atoms with van der Waals surface area (Å²) in [5.74, 6) is 0.249. The maximum absolute atomic E-state index is 11.8. The summed E-state index contributed by atoms with van der Waals surface area (Å²) in [5.41, 5.74) is 5.76. The van der Waals surface area contributed by atoms with Crippen molar-refractivity contribution < 1.29 is 9.53 Å². The topological polar surface area (TPSA) is 55.6 Å². The smallest absolute Gasteiger partial charge is 0.222 e. The average Bonchev–Trinajstić information content (AvgIpc) is 2.84. The molecule has 0 aromatic heterocycles. The summed E-state index contributed by atoms with van der Waals surface area (Å²) >= 11 is 0. The van der Waals surface area contributed by atoms with Crippen LogP contribution in [-0.4, -0.2) is 42.6 Å². The second-order valence-corrected chi connectivity index (χ2v) is 4.56. The minimum Gasteiger partial charge on any atom is -0.378 e. The predicted molar refractivity (Wildman–Crippen MR) is 57.4 cm³/mol. The van der Waals surface area contributed by atoms with Gasteiger partial charge >= 0.3 is 0 Å². The molecule has 1 amide bonds. The number of ether oxygens (including phenoxy) is 1. The van der Waals surface area contributed by atoms with Crippen molar-refractivity contribution in [2.45, 2.75) is 44.2 Å². The van der Waals surface area contributed by atoms with Crippen molar-refractivity contribution in [2.75, 3.05) is 19.7 Å². The first-order valence-electron chi connectivity index (χ1n) is 5.90. The lowest BCUT2D eigenvalue weighted by atomic mass is 10.1. The third-order valence-electron chi connectivity index (χ3n) is 3.28. The summed E-state index contributed by atoms with van der Waals surface area (Å²) in [6, 6.07) is 0.191. The van der Waals surface area contributed by atoms with Gasteiger partial charge in [-0.25, -0.2) is 0 Å². The van der Waals surface area contributed by atoms with E-state index in [1.807, 2.05) is 4.90 Å². The molecule has 0 aliphatic carbocycles. The Hall–Kier alpha value is -0.610. The van der Waals surface area contributed by atoms with Gasteiger partial charge in [0.2, 0.25) is 5.91 Å². The van der Waals surface area contributed by atoms with Crippen molar-refractivity contribution in [1.82, 2.24) is 4.90 Å². The molecule has 0 saturated carbocycles. The SMILES string of the molecule is NC1CCN(C(=O)CCC2CCCO2)C1. The van der Waals surface area contributed by atoms with Crippen LogP contribution >= 0.6 is 0 Å². The second-order valence-electron chi connectivity index (χ2n) is 4.56. The largest absolute Gasteiger partial charge is 0.378 e. The zero-order chi connectivity index (χ0) is 10.7. The van der Waals surface area contributed by atoms with Crippen LogP contribution in [0.1, 0.15) is 32.1 Å². The Morgan fingerprint density at radius 3 is 2.93 bits per heavy atom. The molecule has 2 unspecified atom stereocenters. The van der Waals surface area contributed by atoms with E-state index in [1.54, 1.807) is 0 Å².